The predicted octanol–water partition coefficient (Wildman–Crippen LogP) is 1.21. The Morgan fingerprint density at radius 3 is 2.78 bits per heavy atom. The molecule has 0 saturated carbocycles. The van der Waals surface area contributed by atoms with Crippen LogP contribution in [-0.2, 0) is 0 Å². The summed E-state index contributed by atoms with van der Waals surface area (Å²) in [7, 11) is 0. The Bertz CT molecular complexity index is 231. The molecule has 1 rings (SSSR count). The van der Waals surface area contributed by atoms with E-state index >= 15 is 0 Å². The first-order valence-corrected chi connectivity index (χ1v) is 2.42. The lowest BCUT2D eigenvalue weighted by molar-refractivity contribution is 1.36. The van der Waals surface area contributed by atoms with Crippen molar-refractivity contribution in [2.75, 3.05) is 5.73 Å². The Balaban J connectivity index is 3.06. The van der Waals surface area contributed by atoms with E-state index in [-0.39, 0.29) is 0 Å². The molecule has 0 aliphatic heterocycles. The first-order chi connectivity index (χ1) is 4.33. The Morgan fingerprint density at radius 2 is 2.33 bits per heavy atom. The molecule has 9 heavy (non-hydrogen) atoms. The van der Waals surface area contributed by atoms with Gasteiger partial charge in [-0.25, -0.2) is 0 Å². The average Bonchev–Trinajstić information content (AvgIpc) is 1.90. The van der Waals surface area contributed by atoms with Gasteiger partial charge in [-0.15, -0.1) is 4.98 Å². The third-order valence-corrected chi connectivity index (χ3v) is 0.885. The summed E-state index contributed by atoms with van der Waals surface area (Å²) in [5.41, 5.74) is 5.90. The SMILES string of the molecule is [C-]#[N+]c1ccc(N)cn1. The average molecular weight is 119 g/mol. The smallest absolute Gasteiger partial charge is 0.269 e. The van der Waals surface area contributed by atoms with Crippen molar-refractivity contribution in [3.05, 3.63) is 29.7 Å². The zero-order valence-electron chi connectivity index (χ0n) is 4.70. The van der Waals surface area contributed by atoms with Crippen LogP contribution in [0.15, 0.2) is 18.3 Å². The molecule has 0 amide bonds. The molecule has 0 aliphatic rings. The van der Waals surface area contributed by atoms with E-state index in [2.05, 4.69) is 9.83 Å². The lowest BCUT2D eigenvalue weighted by Gasteiger charge is -1.86. The first kappa shape index (κ1) is 5.57. The van der Waals surface area contributed by atoms with Crippen molar-refractivity contribution in [1.82, 2.24) is 4.98 Å². The molecular formula is C6H5N3. The third kappa shape index (κ3) is 1.16. The van der Waals surface area contributed by atoms with E-state index in [1.165, 1.54) is 6.20 Å². The zero-order valence-corrected chi connectivity index (χ0v) is 4.70. The maximum absolute atomic E-state index is 6.54. The maximum atomic E-state index is 6.54. The minimum Gasteiger partial charge on any atom is -0.396 e. The van der Waals surface area contributed by atoms with Gasteiger partial charge < -0.3 is 10.6 Å². The second-order valence-electron chi connectivity index (χ2n) is 1.56. The summed E-state index contributed by atoms with van der Waals surface area (Å²) in [5, 5.41) is 0. The Labute approximate surface area is 53.0 Å². The molecule has 0 fully saturated rings. The lowest BCUT2D eigenvalue weighted by atomic mass is 10.4. The van der Waals surface area contributed by atoms with Crippen molar-refractivity contribution in [3.8, 4) is 0 Å². The quantitative estimate of drug-likeness (QED) is 0.521. The van der Waals surface area contributed by atoms with E-state index < -0.39 is 0 Å². The summed E-state index contributed by atoms with van der Waals surface area (Å²) in [5.74, 6) is 0.379. The number of aromatic nitrogens is 1. The topological polar surface area (TPSA) is 43.3 Å². The van der Waals surface area contributed by atoms with Crippen molar-refractivity contribution in [3.63, 3.8) is 0 Å². The number of nitrogens with two attached hydrogens (primary N) is 1. The predicted molar refractivity (Wildman–Crippen MR) is 34.9 cm³/mol. The van der Waals surface area contributed by atoms with Crippen molar-refractivity contribution in [2.24, 2.45) is 0 Å². The van der Waals surface area contributed by atoms with Crippen LogP contribution in [-0.4, -0.2) is 4.98 Å². The van der Waals surface area contributed by atoms with Gasteiger partial charge in [-0.05, 0) is 12.1 Å². The van der Waals surface area contributed by atoms with Gasteiger partial charge in [0.05, 0.1) is 5.69 Å². The van der Waals surface area contributed by atoms with E-state index in [4.69, 9.17) is 12.3 Å². The van der Waals surface area contributed by atoms with Gasteiger partial charge in [0, 0.05) is 0 Å². The fourth-order valence-corrected chi connectivity index (χ4v) is 0.464. The molecule has 0 atom stereocenters. The van der Waals surface area contributed by atoms with Crippen LogP contribution in [0, 0.1) is 6.57 Å². The third-order valence-electron chi connectivity index (χ3n) is 0.885. The molecule has 0 bridgehead atoms. The highest BCUT2D eigenvalue weighted by Gasteiger charge is 1.89. The molecule has 44 valence electrons. The molecule has 1 heterocycles. The van der Waals surface area contributed by atoms with Crippen LogP contribution in [0.2, 0.25) is 0 Å². The molecule has 0 spiro atoms. The van der Waals surface area contributed by atoms with Gasteiger partial charge in [-0.1, -0.05) is 6.57 Å². The molecule has 0 aliphatic carbocycles. The van der Waals surface area contributed by atoms with Gasteiger partial charge in [0.15, 0.2) is 0 Å². The normalized spacial score (nSPS) is 8.33. The number of anilines is 1. The number of rotatable bonds is 0. The fraction of sp³-hybridized carbons (Fsp3) is 0. The minimum absolute atomic E-state index is 0.379. The van der Waals surface area contributed by atoms with Gasteiger partial charge in [-0.2, -0.15) is 0 Å². The van der Waals surface area contributed by atoms with E-state index in [9.17, 15) is 0 Å². The Morgan fingerprint density at radius 1 is 1.56 bits per heavy atom. The Hall–Kier alpha value is -1.56. The van der Waals surface area contributed by atoms with Crippen LogP contribution in [0.3, 0.4) is 0 Å². The molecular weight excluding hydrogens is 114 g/mol. The van der Waals surface area contributed by atoms with Crippen molar-refractivity contribution >= 4 is 11.5 Å². The van der Waals surface area contributed by atoms with E-state index in [1.807, 2.05) is 0 Å². The number of pyridine rings is 1. The number of hydrogen-bond donors (Lipinski definition) is 1. The fourth-order valence-electron chi connectivity index (χ4n) is 0.464. The van der Waals surface area contributed by atoms with Crippen LogP contribution in [0.1, 0.15) is 0 Å². The van der Waals surface area contributed by atoms with Crippen LogP contribution >= 0.6 is 0 Å². The summed E-state index contributed by atoms with van der Waals surface area (Å²) in [6, 6.07) is 3.24. The Kier molecular flexibility index (Phi) is 1.32. The summed E-state index contributed by atoms with van der Waals surface area (Å²) in [4.78, 5) is 6.81. The van der Waals surface area contributed by atoms with E-state index in [0.29, 0.717) is 11.5 Å². The maximum Gasteiger partial charge on any atom is 0.269 e. The molecule has 1 aromatic rings. The molecule has 0 unspecified atom stereocenters. The number of nitrogens with zero attached hydrogens (tertiary/aromatic N) is 2. The summed E-state index contributed by atoms with van der Waals surface area (Å²) < 4.78 is 0. The van der Waals surface area contributed by atoms with Crippen molar-refractivity contribution in [2.45, 2.75) is 0 Å². The van der Waals surface area contributed by atoms with Gasteiger partial charge in [-0.3, -0.25) is 0 Å². The monoisotopic (exact) mass is 119 g/mol. The lowest BCUT2D eigenvalue weighted by Crippen LogP contribution is -1.83. The summed E-state index contributed by atoms with van der Waals surface area (Å²) in [6.45, 7) is 6.54. The number of nitrogen functional groups attached to an aromatic ring is 1. The second kappa shape index (κ2) is 2.14. The summed E-state index contributed by atoms with van der Waals surface area (Å²) >= 11 is 0. The highest BCUT2D eigenvalue weighted by molar-refractivity contribution is 5.43. The summed E-state index contributed by atoms with van der Waals surface area (Å²) in [6.07, 6.45) is 1.47. The largest absolute Gasteiger partial charge is 0.396 e. The second-order valence-corrected chi connectivity index (χ2v) is 1.56. The zero-order chi connectivity index (χ0) is 6.69. The molecule has 3 heteroatoms. The molecule has 2 N–H and O–H groups in total. The van der Waals surface area contributed by atoms with E-state index in [0.717, 1.165) is 0 Å². The molecule has 3 nitrogen and oxygen atoms in total. The van der Waals surface area contributed by atoms with E-state index in [1.54, 1.807) is 12.1 Å². The van der Waals surface area contributed by atoms with Crippen LogP contribution in [0.4, 0.5) is 11.5 Å². The molecule has 0 aromatic carbocycles. The first-order valence-electron chi connectivity index (χ1n) is 2.42. The van der Waals surface area contributed by atoms with Gasteiger partial charge in [0.2, 0.25) is 0 Å². The van der Waals surface area contributed by atoms with Gasteiger partial charge >= 0.3 is 0 Å². The highest BCUT2D eigenvalue weighted by atomic mass is 14.9. The molecule has 0 radical (unpaired) electrons. The number of hydrogen-bond acceptors (Lipinski definition) is 2. The van der Waals surface area contributed by atoms with Crippen LogP contribution in [0.25, 0.3) is 4.85 Å². The minimum atomic E-state index is 0.379. The highest BCUT2D eigenvalue weighted by Crippen LogP contribution is 2.07. The van der Waals surface area contributed by atoms with Crippen molar-refractivity contribution in [1.29, 1.82) is 0 Å². The van der Waals surface area contributed by atoms with Crippen LogP contribution < -0.4 is 5.73 Å². The van der Waals surface area contributed by atoms with Gasteiger partial charge in [0.25, 0.3) is 5.82 Å². The van der Waals surface area contributed by atoms with Crippen molar-refractivity contribution < 1.29 is 0 Å². The van der Waals surface area contributed by atoms with Crippen LogP contribution in [0.5, 0.6) is 0 Å². The van der Waals surface area contributed by atoms with Gasteiger partial charge in [0.1, 0.15) is 6.20 Å². The molecule has 0 saturated heterocycles. The molecule has 1 aromatic heterocycles. The standard InChI is InChI=1S/C6H5N3/c1-8-6-3-2-5(7)4-9-6/h2-4H,7H2.